The van der Waals surface area contributed by atoms with Crippen molar-refractivity contribution in [1.29, 1.82) is 5.26 Å². The minimum atomic E-state index is 0.607. The van der Waals surface area contributed by atoms with Crippen LogP contribution in [-0.2, 0) is 0 Å². The molecule has 3 heterocycles. The molecule has 0 unspecified atom stereocenters. The van der Waals surface area contributed by atoms with Gasteiger partial charge in [-0.25, -0.2) is 4.98 Å². The molecule has 0 bridgehead atoms. The molecule has 26 heavy (non-hydrogen) atoms. The summed E-state index contributed by atoms with van der Waals surface area (Å²) in [7, 11) is 0. The van der Waals surface area contributed by atoms with Crippen LogP contribution in [0.5, 0.6) is 0 Å². The number of aromatic nitrogens is 2. The van der Waals surface area contributed by atoms with Gasteiger partial charge in [-0.3, -0.25) is 4.98 Å². The van der Waals surface area contributed by atoms with Gasteiger partial charge in [0.15, 0.2) is 0 Å². The average Bonchev–Trinajstić information content (AvgIpc) is 3.06. The van der Waals surface area contributed by atoms with E-state index in [1.807, 2.05) is 68.6 Å². The maximum atomic E-state index is 9.79. The first kappa shape index (κ1) is 16.2. The van der Waals surface area contributed by atoms with Gasteiger partial charge in [-0.05, 0) is 55.8 Å². The lowest BCUT2D eigenvalue weighted by molar-refractivity contribution is 1.03. The number of benzene rings is 1. The fourth-order valence-corrected chi connectivity index (χ4v) is 4.13. The summed E-state index contributed by atoms with van der Waals surface area (Å²) in [5, 5.41) is 10.5. The maximum Gasteiger partial charge on any atom is 0.135 e. The first-order valence-corrected chi connectivity index (χ1v) is 9.06. The van der Waals surface area contributed by atoms with Crippen molar-refractivity contribution >= 4 is 32.8 Å². The van der Waals surface area contributed by atoms with Gasteiger partial charge in [0.25, 0.3) is 0 Å². The predicted molar refractivity (Wildman–Crippen MR) is 106 cm³/mol. The summed E-state index contributed by atoms with van der Waals surface area (Å²) < 4.78 is 1.09. The van der Waals surface area contributed by atoms with E-state index in [1.54, 1.807) is 17.5 Å². The van der Waals surface area contributed by atoms with Gasteiger partial charge >= 0.3 is 0 Å². The van der Waals surface area contributed by atoms with Crippen molar-refractivity contribution in [2.24, 2.45) is 0 Å². The minimum absolute atomic E-state index is 0.607. The summed E-state index contributed by atoms with van der Waals surface area (Å²) in [4.78, 5) is 11.0. The first-order chi connectivity index (χ1) is 12.7. The quantitative estimate of drug-likeness (QED) is 0.585. The van der Waals surface area contributed by atoms with Crippen LogP contribution in [0.1, 0.15) is 18.9 Å². The monoisotopic (exact) mass is 356 g/mol. The van der Waals surface area contributed by atoms with Crippen molar-refractivity contribution in [3.8, 4) is 6.07 Å². The van der Waals surface area contributed by atoms with Crippen LogP contribution < -0.4 is 4.90 Å². The highest BCUT2D eigenvalue weighted by atomic mass is 32.1. The third kappa shape index (κ3) is 2.81. The molecule has 0 fully saturated rings. The zero-order valence-electron chi connectivity index (χ0n) is 14.5. The Morgan fingerprint density at radius 2 is 1.85 bits per heavy atom. The normalized spacial score (nSPS) is 14.0. The Bertz CT molecular complexity index is 1060. The number of rotatable bonds is 2. The van der Waals surface area contributed by atoms with E-state index in [4.69, 9.17) is 0 Å². The molecule has 0 saturated heterocycles. The maximum absolute atomic E-state index is 9.79. The zero-order chi connectivity index (χ0) is 18.1. The number of allylic oxidation sites excluding steroid dienone is 6. The van der Waals surface area contributed by atoms with E-state index in [0.29, 0.717) is 5.57 Å². The predicted octanol–water partition coefficient (Wildman–Crippen LogP) is 5.30. The Labute approximate surface area is 156 Å². The molecule has 4 rings (SSSR count). The van der Waals surface area contributed by atoms with Crippen LogP contribution in [-0.4, -0.2) is 9.97 Å². The zero-order valence-corrected chi connectivity index (χ0v) is 15.3. The Morgan fingerprint density at radius 3 is 2.50 bits per heavy atom. The third-order valence-electron chi connectivity index (χ3n) is 4.25. The van der Waals surface area contributed by atoms with Gasteiger partial charge in [-0.1, -0.05) is 12.1 Å². The number of para-hydroxylation sites is 1. The van der Waals surface area contributed by atoms with Crippen molar-refractivity contribution in [1.82, 2.24) is 9.97 Å². The number of anilines is 1. The summed E-state index contributed by atoms with van der Waals surface area (Å²) in [6.45, 7) is 4.08. The van der Waals surface area contributed by atoms with Crippen LogP contribution in [0.25, 0.3) is 15.8 Å². The van der Waals surface area contributed by atoms with E-state index in [-0.39, 0.29) is 0 Å². The molecule has 1 aliphatic rings. The fourth-order valence-electron chi connectivity index (χ4n) is 3.15. The molecule has 0 amide bonds. The van der Waals surface area contributed by atoms with E-state index in [2.05, 4.69) is 20.9 Å². The smallest absolute Gasteiger partial charge is 0.135 e. The number of nitriles is 1. The molecular weight excluding hydrogens is 340 g/mol. The Kier molecular flexibility index (Phi) is 4.11. The molecule has 126 valence electrons. The Balaban J connectivity index is 1.81. The fraction of sp³-hybridized carbons (Fsp3) is 0.0952. The van der Waals surface area contributed by atoms with Gasteiger partial charge in [0.1, 0.15) is 11.1 Å². The molecule has 1 aromatic carbocycles. The molecular formula is C21H16N4S. The van der Waals surface area contributed by atoms with E-state index >= 15 is 0 Å². The van der Waals surface area contributed by atoms with Crippen LogP contribution >= 0.6 is 11.3 Å². The van der Waals surface area contributed by atoms with Gasteiger partial charge in [0, 0.05) is 17.6 Å². The van der Waals surface area contributed by atoms with Gasteiger partial charge in [0.2, 0.25) is 0 Å². The third-order valence-corrected chi connectivity index (χ3v) is 5.30. The number of hydrogen-bond donors (Lipinski definition) is 0. The van der Waals surface area contributed by atoms with Gasteiger partial charge in [0.05, 0.1) is 27.7 Å². The molecule has 0 spiro atoms. The molecule has 0 atom stereocenters. The lowest BCUT2D eigenvalue weighted by Gasteiger charge is -2.29. The van der Waals surface area contributed by atoms with Crippen molar-refractivity contribution in [2.45, 2.75) is 13.8 Å². The van der Waals surface area contributed by atoms with Gasteiger partial charge in [-0.15, -0.1) is 11.3 Å². The second-order valence-electron chi connectivity index (χ2n) is 6.05. The summed E-state index contributed by atoms with van der Waals surface area (Å²) in [6.07, 6.45) is 7.66. The van der Waals surface area contributed by atoms with Crippen LogP contribution in [0.3, 0.4) is 0 Å². The molecule has 1 aliphatic heterocycles. The van der Waals surface area contributed by atoms with Crippen LogP contribution in [0, 0.1) is 11.3 Å². The molecule has 0 N–H and O–H groups in total. The number of fused-ring (bicyclic) bond motifs is 1. The Hall–Kier alpha value is -3.23. The van der Waals surface area contributed by atoms with E-state index in [0.717, 1.165) is 37.9 Å². The lowest BCUT2D eigenvalue weighted by atomic mass is 10.0. The average molecular weight is 356 g/mol. The van der Waals surface area contributed by atoms with E-state index < -0.39 is 0 Å². The van der Waals surface area contributed by atoms with Crippen molar-refractivity contribution in [3.05, 3.63) is 82.9 Å². The van der Waals surface area contributed by atoms with Gasteiger partial charge < -0.3 is 4.90 Å². The van der Waals surface area contributed by atoms with Crippen LogP contribution in [0.2, 0.25) is 0 Å². The van der Waals surface area contributed by atoms with E-state index in [9.17, 15) is 5.26 Å². The second-order valence-corrected chi connectivity index (χ2v) is 7.08. The van der Waals surface area contributed by atoms with E-state index in [1.165, 1.54) is 0 Å². The molecule has 5 heteroatoms. The van der Waals surface area contributed by atoms with Crippen LogP contribution in [0.15, 0.2) is 77.9 Å². The number of nitrogens with zero attached hydrogens (tertiary/aromatic N) is 4. The van der Waals surface area contributed by atoms with Crippen molar-refractivity contribution < 1.29 is 0 Å². The molecule has 0 saturated carbocycles. The highest BCUT2D eigenvalue weighted by Crippen LogP contribution is 2.34. The summed E-state index contributed by atoms with van der Waals surface area (Å²) >= 11 is 1.55. The van der Waals surface area contributed by atoms with Crippen LogP contribution in [0.4, 0.5) is 5.69 Å². The lowest BCUT2D eigenvalue weighted by Crippen LogP contribution is -2.21. The molecule has 0 radical (unpaired) electrons. The first-order valence-electron chi connectivity index (χ1n) is 8.24. The highest BCUT2D eigenvalue weighted by molar-refractivity contribution is 7.19. The van der Waals surface area contributed by atoms with Gasteiger partial charge in [-0.2, -0.15) is 5.26 Å². The molecule has 0 aliphatic carbocycles. The van der Waals surface area contributed by atoms with Crippen molar-refractivity contribution in [2.75, 3.05) is 4.90 Å². The Morgan fingerprint density at radius 1 is 1.08 bits per heavy atom. The largest absolute Gasteiger partial charge is 0.317 e. The highest BCUT2D eigenvalue weighted by Gasteiger charge is 2.19. The molecule has 2 aromatic heterocycles. The SMILES string of the molecule is CC1=CC(=C(C#N)c2nc3ccccc3s2)C=C(C)N1c1cccnc1. The summed E-state index contributed by atoms with van der Waals surface area (Å²) in [5.74, 6) is 0. The summed E-state index contributed by atoms with van der Waals surface area (Å²) in [5.41, 5.74) is 5.52. The minimum Gasteiger partial charge on any atom is -0.317 e. The summed E-state index contributed by atoms with van der Waals surface area (Å²) in [6, 6.07) is 14.3. The number of pyridine rings is 1. The second kappa shape index (κ2) is 6.58. The number of thiazole rings is 1. The van der Waals surface area contributed by atoms with Crippen molar-refractivity contribution in [3.63, 3.8) is 0 Å². The molecule has 4 nitrogen and oxygen atoms in total. The standard InChI is InChI=1S/C21H16N4S/c1-14-10-16(11-15(2)25(14)17-6-5-9-23-13-17)18(12-22)21-24-19-7-3-4-8-20(19)26-21/h3-11,13H,1-2H3. The number of hydrogen-bond acceptors (Lipinski definition) is 5. The molecule has 3 aromatic rings. The topological polar surface area (TPSA) is 52.8 Å².